The van der Waals surface area contributed by atoms with Gasteiger partial charge in [-0.05, 0) is 43.9 Å². The highest BCUT2D eigenvalue weighted by Crippen LogP contribution is 2.31. The van der Waals surface area contributed by atoms with Gasteiger partial charge in [-0.1, -0.05) is 17.1 Å². The van der Waals surface area contributed by atoms with E-state index in [2.05, 4.69) is 32.6 Å². The summed E-state index contributed by atoms with van der Waals surface area (Å²) in [5.74, 6) is 6.03. The van der Waals surface area contributed by atoms with Gasteiger partial charge in [0.25, 0.3) is 0 Å². The van der Waals surface area contributed by atoms with Crippen molar-refractivity contribution in [1.82, 2.24) is 14.7 Å². The molecule has 4 heterocycles. The Labute approximate surface area is 246 Å². The van der Waals surface area contributed by atoms with Crippen molar-refractivity contribution in [3.05, 3.63) is 59.7 Å². The molecule has 1 saturated heterocycles. The maximum atomic E-state index is 13.6. The van der Waals surface area contributed by atoms with Gasteiger partial charge in [-0.3, -0.25) is 0 Å². The van der Waals surface area contributed by atoms with E-state index < -0.39 is 28.3 Å². The molecule has 1 fully saturated rings. The quantitative estimate of drug-likeness (QED) is 0.252. The number of anilines is 2. The van der Waals surface area contributed by atoms with Gasteiger partial charge in [0.15, 0.2) is 5.03 Å². The van der Waals surface area contributed by atoms with Crippen molar-refractivity contribution in [3.8, 4) is 17.6 Å². The molecule has 0 atom stereocenters. The molecule has 0 spiro atoms. The normalized spacial score (nSPS) is 14.3. The lowest BCUT2D eigenvalue weighted by molar-refractivity contribution is -0.140. The molecule has 0 amide bonds. The molecule has 0 aliphatic carbocycles. The van der Waals surface area contributed by atoms with Crippen molar-refractivity contribution in [2.24, 2.45) is 0 Å². The number of aromatic nitrogens is 3. The van der Waals surface area contributed by atoms with E-state index in [9.17, 15) is 21.6 Å². The summed E-state index contributed by atoms with van der Waals surface area (Å²) in [4.78, 5) is 4.06. The highest BCUT2D eigenvalue weighted by molar-refractivity contribution is 7.90. The van der Waals surface area contributed by atoms with Crippen LogP contribution in [0.15, 0.2) is 52.1 Å². The minimum atomic E-state index is -4.45. The Morgan fingerprint density at radius 1 is 1.16 bits per heavy atom. The largest absolute Gasteiger partial charge is 0.494 e. The molecular formula is C29H30F3N5O5S. The van der Waals surface area contributed by atoms with Crippen molar-refractivity contribution in [1.29, 1.82) is 0 Å². The standard InChI is InChI=1S/C29H30F3N5O5S/c1-19-13-21(36-42-19)17-43(38,39)28-15-27(40-2)25(16-34-28)33-10-4-5-22-14-23-24(35-20-8-11-41-12-9-20)6-3-7-26(23)37(22)18-29(30,31)32/h3,6-7,13-16,20,33,35H,8-12,17-18H2,1-2H3. The zero-order valence-electron chi connectivity index (χ0n) is 23.5. The van der Waals surface area contributed by atoms with E-state index in [1.165, 1.54) is 25.4 Å². The molecule has 5 rings (SSSR count). The number of nitrogens with one attached hydrogen (secondary N) is 2. The van der Waals surface area contributed by atoms with Crippen LogP contribution in [-0.2, 0) is 26.9 Å². The number of hydrogen-bond acceptors (Lipinski definition) is 9. The fraction of sp³-hybridized carbons (Fsp3) is 0.379. The molecule has 4 aromatic rings. The highest BCUT2D eigenvalue weighted by Gasteiger charge is 2.30. The lowest BCUT2D eigenvalue weighted by Gasteiger charge is -2.24. The number of aryl methyl sites for hydroxylation is 1. The minimum absolute atomic E-state index is 0.0308. The Kier molecular flexibility index (Phi) is 8.84. The molecule has 0 unspecified atom stereocenters. The van der Waals surface area contributed by atoms with Crippen molar-refractivity contribution < 1.29 is 35.6 Å². The summed E-state index contributed by atoms with van der Waals surface area (Å²) in [7, 11) is -2.45. The number of halogens is 3. The van der Waals surface area contributed by atoms with Gasteiger partial charge in [-0.25, -0.2) is 13.4 Å². The lowest BCUT2D eigenvalue weighted by Crippen LogP contribution is -2.27. The average molecular weight is 618 g/mol. The van der Waals surface area contributed by atoms with Gasteiger partial charge >= 0.3 is 6.18 Å². The molecule has 2 N–H and O–H groups in total. The summed E-state index contributed by atoms with van der Waals surface area (Å²) in [6.07, 6.45) is -1.52. The Hall–Kier alpha value is -4.22. The summed E-state index contributed by atoms with van der Waals surface area (Å²) >= 11 is 0. The van der Waals surface area contributed by atoms with Crippen molar-refractivity contribution >= 4 is 32.1 Å². The third-order valence-corrected chi connectivity index (χ3v) is 8.38. The van der Waals surface area contributed by atoms with Gasteiger partial charge in [-0.2, -0.15) is 13.2 Å². The zero-order chi connectivity index (χ0) is 30.6. The Morgan fingerprint density at radius 3 is 2.65 bits per heavy atom. The number of alkyl halides is 3. The van der Waals surface area contributed by atoms with E-state index in [4.69, 9.17) is 14.0 Å². The number of methoxy groups -OCH3 is 1. The fourth-order valence-corrected chi connectivity index (χ4v) is 6.02. The molecule has 43 heavy (non-hydrogen) atoms. The van der Waals surface area contributed by atoms with Gasteiger partial charge in [0.05, 0.1) is 42.4 Å². The molecule has 228 valence electrons. The van der Waals surface area contributed by atoms with Gasteiger partial charge in [0.1, 0.15) is 23.8 Å². The molecule has 0 radical (unpaired) electrons. The van der Waals surface area contributed by atoms with Crippen LogP contribution < -0.4 is 15.4 Å². The first kappa shape index (κ1) is 30.2. The minimum Gasteiger partial charge on any atom is -0.494 e. The Morgan fingerprint density at radius 2 is 1.95 bits per heavy atom. The SMILES string of the molecule is COc1cc(S(=O)(=O)Cc2cc(C)on2)ncc1NCC#Cc1cc2c(NC3CCOCC3)cccc2n1CC(F)(F)F. The summed E-state index contributed by atoms with van der Waals surface area (Å²) in [6, 6.07) is 9.87. The van der Waals surface area contributed by atoms with Gasteiger partial charge in [0, 0.05) is 42.5 Å². The maximum absolute atomic E-state index is 13.6. The molecule has 3 aromatic heterocycles. The topological polar surface area (TPSA) is 121 Å². The fourth-order valence-electron chi connectivity index (χ4n) is 4.84. The second kappa shape index (κ2) is 12.6. The molecule has 1 aliphatic rings. The summed E-state index contributed by atoms with van der Waals surface area (Å²) < 4.78 is 83.1. The summed E-state index contributed by atoms with van der Waals surface area (Å²) in [6.45, 7) is 1.77. The van der Waals surface area contributed by atoms with Crippen LogP contribution in [-0.4, -0.2) is 62.2 Å². The molecule has 1 aromatic carbocycles. The van der Waals surface area contributed by atoms with E-state index in [1.54, 1.807) is 25.1 Å². The van der Waals surface area contributed by atoms with Gasteiger partial charge < -0.3 is 29.2 Å². The Bertz CT molecular complexity index is 1770. The van der Waals surface area contributed by atoms with Crippen LogP contribution >= 0.6 is 0 Å². The van der Waals surface area contributed by atoms with E-state index in [0.29, 0.717) is 35.6 Å². The number of hydrogen-bond donors (Lipinski definition) is 2. The zero-order valence-corrected chi connectivity index (χ0v) is 24.3. The van der Waals surface area contributed by atoms with E-state index in [-0.39, 0.29) is 34.7 Å². The number of sulfone groups is 1. The first-order chi connectivity index (χ1) is 20.5. The molecule has 10 nitrogen and oxygen atoms in total. The Balaban J connectivity index is 1.35. The first-order valence-electron chi connectivity index (χ1n) is 13.5. The van der Waals surface area contributed by atoms with Crippen LogP contribution in [0.25, 0.3) is 10.9 Å². The third kappa shape index (κ3) is 7.41. The van der Waals surface area contributed by atoms with Crippen LogP contribution in [0.3, 0.4) is 0 Å². The molecule has 14 heteroatoms. The number of fused-ring (bicyclic) bond motifs is 1. The number of pyridine rings is 1. The van der Waals surface area contributed by atoms with Gasteiger partial charge in [0.2, 0.25) is 9.84 Å². The van der Waals surface area contributed by atoms with Gasteiger partial charge in [-0.15, -0.1) is 0 Å². The number of benzene rings is 1. The number of nitrogens with zero attached hydrogens (tertiary/aromatic N) is 3. The third-order valence-electron chi connectivity index (χ3n) is 6.84. The molecule has 1 aliphatic heterocycles. The van der Waals surface area contributed by atoms with Crippen molar-refractivity contribution in [2.75, 3.05) is 37.5 Å². The molecular weight excluding hydrogens is 587 g/mol. The van der Waals surface area contributed by atoms with Crippen molar-refractivity contribution in [2.45, 2.75) is 49.3 Å². The van der Waals surface area contributed by atoms with Crippen LogP contribution in [0.1, 0.15) is 30.0 Å². The van der Waals surface area contributed by atoms with E-state index in [1.807, 2.05) is 6.07 Å². The second-order valence-corrected chi connectivity index (χ2v) is 12.0. The monoisotopic (exact) mass is 617 g/mol. The lowest BCUT2D eigenvalue weighted by atomic mass is 10.1. The number of ether oxygens (including phenoxy) is 2. The maximum Gasteiger partial charge on any atom is 0.406 e. The summed E-state index contributed by atoms with van der Waals surface area (Å²) in [5, 5.41) is 10.6. The predicted molar refractivity (Wildman–Crippen MR) is 154 cm³/mol. The number of rotatable bonds is 9. The molecule has 0 bridgehead atoms. The highest BCUT2D eigenvalue weighted by atomic mass is 32.2. The smallest absolute Gasteiger partial charge is 0.406 e. The van der Waals surface area contributed by atoms with Crippen LogP contribution in [0, 0.1) is 18.8 Å². The second-order valence-electron chi connectivity index (χ2n) is 10.1. The van der Waals surface area contributed by atoms with E-state index >= 15 is 0 Å². The predicted octanol–water partition coefficient (Wildman–Crippen LogP) is 4.93. The van der Waals surface area contributed by atoms with Crippen LogP contribution in [0.5, 0.6) is 5.75 Å². The first-order valence-corrected chi connectivity index (χ1v) is 15.1. The van der Waals surface area contributed by atoms with Crippen LogP contribution in [0.2, 0.25) is 0 Å². The average Bonchev–Trinajstić information content (AvgIpc) is 3.53. The van der Waals surface area contributed by atoms with E-state index in [0.717, 1.165) is 23.1 Å². The van der Waals surface area contributed by atoms with Crippen molar-refractivity contribution in [3.63, 3.8) is 0 Å². The molecule has 0 saturated carbocycles. The van der Waals surface area contributed by atoms with Crippen LogP contribution in [0.4, 0.5) is 24.5 Å². The summed E-state index contributed by atoms with van der Waals surface area (Å²) in [5.41, 5.74) is 2.01.